The number of halogens is 2. The fourth-order valence-corrected chi connectivity index (χ4v) is 2.37. The third-order valence-electron chi connectivity index (χ3n) is 2.86. The van der Waals surface area contributed by atoms with Crippen molar-refractivity contribution in [3.8, 4) is 0 Å². The molecule has 0 radical (unpaired) electrons. The van der Waals surface area contributed by atoms with Crippen LogP contribution in [-0.4, -0.2) is 4.98 Å². The molecule has 1 aromatic carbocycles. The van der Waals surface area contributed by atoms with E-state index in [1.807, 2.05) is 13.8 Å². The normalized spacial score (nSPS) is 12.7. The largest absolute Gasteiger partial charge is 0.305 e. The lowest BCUT2D eigenvalue weighted by atomic mass is 10.1. The van der Waals surface area contributed by atoms with Crippen LogP contribution in [0.4, 0.5) is 8.78 Å². The molecule has 2 nitrogen and oxygen atoms in total. The summed E-state index contributed by atoms with van der Waals surface area (Å²) >= 11 is 1.58. The highest BCUT2D eigenvalue weighted by Gasteiger charge is 2.10. The lowest BCUT2D eigenvalue weighted by Crippen LogP contribution is -2.18. The molecule has 2 rings (SSSR count). The number of nitrogens with one attached hydrogen (secondary N) is 1. The molecule has 18 heavy (non-hydrogen) atoms. The average Bonchev–Trinajstić information content (AvgIpc) is 2.75. The zero-order valence-electron chi connectivity index (χ0n) is 10.2. The van der Waals surface area contributed by atoms with Gasteiger partial charge < -0.3 is 5.32 Å². The second-order valence-corrected chi connectivity index (χ2v) is 5.08. The number of thiazole rings is 1. The highest BCUT2D eigenvalue weighted by atomic mass is 32.1. The Hall–Kier alpha value is -1.33. The van der Waals surface area contributed by atoms with Crippen LogP contribution in [0, 0.1) is 18.6 Å². The molecule has 96 valence electrons. The van der Waals surface area contributed by atoms with Gasteiger partial charge in [0.2, 0.25) is 0 Å². The molecule has 0 bridgehead atoms. The first kappa shape index (κ1) is 13.1. The van der Waals surface area contributed by atoms with Crippen LogP contribution in [0.2, 0.25) is 0 Å². The number of nitrogens with zero attached hydrogens (tertiary/aromatic N) is 1. The third kappa shape index (κ3) is 2.91. The second kappa shape index (κ2) is 5.54. The van der Waals surface area contributed by atoms with Gasteiger partial charge in [-0.1, -0.05) is 6.07 Å². The van der Waals surface area contributed by atoms with Gasteiger partial charge in [-0.3, -0.25) is 0 Å². The molecule has 0 saturated carbocycles. The molecule has 1 unspecified atom stereocenters. The predicted octanol–water partition coefficient (Wildman–Crippen LogP) is 3.58. The Kier molecular flexibility index (Phi) is 4.04. The lowest BCUT2D eigenvalue weighted by Gasteiger charge is -2.14. The highest BCUT2D eigenvalue weighted by molar-refractivity contribution is 7.09. The fraction of sp³-hybridized carbons (Fsp3) is 0.308. The minimum absolute atomic E-state index is 0.0402. The molecular formula is C13H14F2N2S. The van der Waals surface area contributed by atoms with Gasteiger partial charge in [0.1, 0.15) is 0 Å². The molecule has 0 fully saturated rings. The molecule has 1 atom stereocenters. The predicted molar refractivity (Wildman–Crippen MR) is 68.5 cm³/mol. The van der Waals surface area contributed by atoms with Crippen molar-refractivity contribution in [2.75, 3.05) is 0 Å². The molecular weight excluding hydrogens is 254 g/mol. The maximum Gasteiger partial charge on any atom is 0.159 e. The van der Waals surface area contributed by atoms with Crippen molar-refractivity contribution in [1.82, 2.24) is 10.3 Å². The highest BCUT2D eigenvalue weighted by Crippen LogP contribution is 2.18. The van der Waals surface area contributed by atoms with Crippen molar-refractivity contribution in [2.24, 2.45) is 0 Å². The van der Waals surface area contributed by atoms with Gasteiger partial charge >= 0.3 is 0 Å². The van der Waals surface area contributed by atoms with E-state index in [-0.39, 0.29) is 6.04 Å². The first-order chi connectivity index (χ1) is 8.58. The lowest BCUT2D eigenvalue weighted by molar-refractivity contribution is 0.501. The van der Waals surface area contributed by atoms with Crippen molar-refractivity contribution in [2.45, 2.75) is 26.4 Å². The monoisotopic (exact) mass is 268 g/mol. The summed E-state index contributed by atoms with van der Waals surface area (Å²) in [6.07, 6.45) is 0. The molecule has 0 saturated heterocycles. The quantitative estimate of drug-likeness (QED) is 0.916. The fourth-order valence-electron chi connectivity index (χ4n) is 1.64. The smallest absolute Gasteiger partial charge is 0.159 e. The van der Waals surface area contributed by atoms with E-state index in [9.17, 15) is 8.78 Å². The molecule has 0 aliphatic heterocycles. The van der Waals surface area contributed by atoms with E-state index in [0.717, 1.165) is 22.2 Å². The van der Waals surface area contributed by atoms with E-state index in [1.165, 1.54) is 6.07 Å². The summed E-state index contributed by atoms with van der Waals surface area (Å²) in [4.78, 5) is 5.32. The molecule has 0 amide bonds. The summed E-state index contributed by atoms with van der Waals surface area (Å²) in [5.74, 6) is -1.63. The summed E-state index contributed by atoms with van der Waals surface area (Å²) in [6.45, 7) is 4.55. The van der Waals surface area contributed by atoms with Crippen molar-refractivity contribution in [3.05, 3.63) is 51.5 Å². The third-order valence-corrected chi connectivity index (χ3v) is 3.79. The maximum absolute atomic E-state index is 13.1. The zero-order valence-corrected chi connectivity index (χ0v) is 11.0. The minimum Gasteiger partial charge on any atom is -0.305 e. The van der Waals surface area contributed by atoms with Gasteiger partial charge in [-0.15, -0.1) is 11.3 Å². The Morgan fingerprint density at radius 2 is 2.11 bits per heavy atom. The van der Waals surface area contributed by atoms with E-state index in [0.29, 0.717) is 6.54 Å². The number of hydrogen-bond donors (Lipinski definition) is 1. The standard InChI is InChI=1S/C13H14F2N2S/c1-8(10-3-4-11(14)12(15)5-10)16-6-13-9(2)17-7-18-13/h3-5,7-8,16H,6H2,1-2H3. The van der Waals surface area contributed by atoms with E-state index >= 15 is 0 Å². The van der Waals surface area contributed by atoms with Crippen LogP contribution in [-0.2, 0) is 6.54 Å². The maximum atomic E-state index is 13.1. The second-order valence-electron chi connectivity index (χ2n) is 4.14. The van der Waals surface area contributed by atoms with Crippen LogP contribution < -0.4 is 5.32 Å². The number of aromatic nitrogens is 1. The van der Waals surface area contributed by atoms with Gasteiger partial charge in [-0.25, -0.2) is 13.8 Å². The Morgan fingerprint density at radius 3 is 2.72 bits per heavy atom. The minimum atomic E-state index is -0.816. The summed E-state index contributed by atoms with van der Waals surface area (Å²) in [5, 5.41) is 3.27. The first-order valence-electron chi connectivity index (χ1n) is 5.65. The Morgan fingerprint density at radius 1 is 1.33 bits per heavy atom. The number of aryl methyl sites for hydroxylation is 1. The van der Waals surface area contributed by atoms with Crippen LogP contribution in [0.25, 0.3) is 0 Å². The molecule has 0 spiro atoms. The molecule has 1 N–H and O–H groups in total. The molecule has 1 aromatic heterocycles. The average molecular weight is 268 g/mol. The molecule has 5 heteroatoms. The van der Waals surface area contributed by atoms with Gasteiger partial charge in [0.15, 0.2) is 11.6 Å². The number of rotatable bonds is 4. The van der Waals surface area contributed by atoms with E-state index in [1.54, 1.807) is 22.9 Å². The Bertz CT molecular complexity index is 540. The van der Waals surface area contributed by atoms with Crippen LogP contribution in [0.1, 0.15) is 29.1 Å². The molecule has 0 aliphatic rings. The first-order valence-corrected chi connectivity index (χ1v) is 6.53. The summed E-state index contributed by atoms with van der Waals surface area (Å²) < 4.78 is 25.9. The summed E-state index contributed by atoms with van der Waals surface area (Å²) in [7, 11) is 0. The summed E-state index contributed by atoms with van der Waals surface area (Å²) in [6, 6.07) is 3.93. The van der Waals surface area contributed by atoms with Gasteiger partial charge in [0, 0.05) is 17.5 Å². The van der Waals surface area contributed by atoms with Crippen molar-refractivity contribution < 1.29 is 8.78 Å². The van der Waals surface area contributed by atoms with Gasteiger partial charge in [0.05, 0.1) is 11.2 Å². The van der Waals surface area contributed by atoms with Gasteiger partial charge in [-0.2, -0.15) is 0 Å². The van der Waals surface area contributed by atoms with Crippen molar-refractivity contribution in [1.29, 1.82) is 0 Å². The Labute approximate surface area is 109 Å². The summed E-state index contributed by atoms with van der Waals surface area (Å²) in [5.41, 5.74) is 3.54. The molecule has 1 heterocycles. The Balaban J connectivity index is 2.01. The van der Waals surface area contributed by atoms with Gasteiger partial charge in [-0.05, 0) is 31.5 Å². The van der Waals surface area contributed by atoms with E-state index < -0.39 is 11.6 Å². The van der Waals surface area contributed by atoms with Crippen LogP contribution in [0.5, 0.6) is 0 Å². The molecule has 0 aliphatic carbocycles. The van der Waals surface area contributed by atoms with E-state index in [2.05, 4.69) is 10.3 Å². The topological polar surface area (TPSA) is 24.9 Å². The van der Waals surface area contributed by atoms with Crippen molar-refractivity contribution >= 4 is 11.3 Å². The molecule has 2 aromatic rings. The van der Waals surface area contributed by atoms with Crippen LogP contribution in [0.15, 0.2) is 23.7 Å². The van der Waals surface area contributed by atoms with Crippen molar-refractivity contribution in [3.63, 3.8) is 0 Å². The SMILES string of the molecule is Cc1ncsc1CNC(C)c1ccc(F)c(F)c1. The zero-order chi connectivity index (χ0) is 13.1. The number of hydrogen-bond acceptors (Lipinski definition) is 3. The van der Waals surface area contributed by atoms with E-state index in [4.69, 9.17) is 0 Å². The number of benzene rings is 1. The van der Waals surface area contributed by atoms with Gasteiger partial charge in [0.25, 0.3) is 0 Å². The van der Waals surface area contributed by atoms with Crippen LogP contribution in [0.3, 0.4) is 0 Å². The van der Waals surface area contributed by atoms with Crippen LogP contribution >= 0.6 is 11.3 Å².